The van der Waals surface area contributed by atoms with Gasteiger partial charge in [0.15, 0.2) is 11.5 Å². The number of aliphatic hydroxyl groups is 2. The summed E-state index contributed by atoms with van der Waals surface area (Å²) >= 11 is 0. The van der Waals surface area contributed by atoms with Crippen LogP contribution in [0.25, 0.3) is 21.6 Å². The molecule has 1 saturated heterocycles. The number of ether oxygens (including phenoxy) is 1. The number of hydrogen-bond donors (Lipinski definition) is 3. The highest BCUT2D eigenvalue weighted by Crippen LogP contribution is 2.38. The van der Waals surface area contributed by atoms with Crippen molar-refractivity contribution in [2.24, 2.45) is 5.11 Å². The number of rotatable bonds is 3. The van der Waals surface area contributed by atoms with Crippen molar-refractivity contribution < 1.29 is 14.9 Å². The number of aliphatic hydroxyl groups excluding tert-OH is 2. The molecule has 0 saturated carbocycles. The van der Waals surface area contributed by atoms with Crippen molar-refractivity contribution in [3.8, 4) is 0 Å². The molecule has 3 rings (SSSR count). The molecule has 0 amide bonds. The normalized spacial score (nSPS) is 28.7. The van der Waals surface area contributed by atoms with Crippen LogP contribution in [0, 0.1) is 0 Å². The third-order valence-electron chi connectivity index (χ3n) is 3.36. The van der Waals surface area contributed by atoms with E-state index in [1.54, 1.807) is 0 Å². The molecule has 3 heterocycles. The summed E-state index contributed by atoms with van der Waals surface area (Å²) in [7, 11) is 0. The molecule has 11 heteroatoms. The number of aromatic nitrogens is 4. The van der Waals surface area contributed by atoms with Gasteiger partial charge in [0.05, 0.1) is 19.0 Å². The number of nitrogen functional groups attached to an aromatic ring is 1. The van der Waals surface area contributed by atoms with Gasteiger partial charge in [-0.25, -0.2) is 15.0 Å². The monoisotopic (exact) mass is 292 g/mol. The first-order valence-corrected chi connectivity index (χ1v) is 6.08. The lowest BCUT2D eigenvalue weighted by Crippen LogP contribution is -2.31. The summed E-state index contributed by atoms with van der Waals surface area (Å²) in [5.74, 6) is -1.39. The van der Waals surface area contributed by atoms with E-state index in [-0.39, 0.29) is 12.2 Å². The van der Waals surface area contributed by atoms with Crippen molar-refractivity contribution in [3.63, 3.8) is 0 Å². The van der Waals surface area contributed by atoms with Crippen molar-refractivity contribution >= 4 is 17.0 Å². The maximum absolute atomic E-state index is 9.92. The minimum atomic E-state index is -1.56. The van der Waals surface area contributed by atoms with Crippen LogP contribution in [0.15, 0.2) is 17.8 Å². The van der Waals surface area contributed by atoms with Crippen molar-refractivity contribution in [1.29, 1.82) is 0 Å². The van der Waals surface area contributed by atoms with E-state index in [0.29, 0.717) is 11.2 Å². The number of hydrogen-bond acceptors (Lipinski definition) is 8. The fourth-order valence-corrected chi connectivity index (χ4v) is 2.38. The van der Waals surface area contributed by atoms with Gasteiger partial charge < -0.3 is 20.7 Å². The van der Waals surface area contributed by atoms with E-state index in [9.17, 15) is 10.2 Å². The Bertz CT molecular complexity index is 726. The standard InChI is InChI=1S/C10H12N8O3/c11-8-7-9(14-3-13-8)18(4-15-7)10(16-17-12)1-5(20)6(2-19)21-10/h3-6,19-20H,1-2H2,(H2,11,13,14)/t5-,6+,10-/m0/s1. The molecule has 2 aromatic heterocycles. The second kappa shape index (κ2) is 4.82. The van der Waals surface area contributed by atoms with Gasteiger partial charge in [-0.1, -0.05) is 0 Å². The van der Waals surface area contributed by atoms with Crippen LogP contribution in [0.3, 0.4) is 0 Å². The minimum Gasteiger partial charge on any atom is -0.394 e. The second-order valence-corrected chi connectivity index (χ2v) is 4.59. The zero-order valence-corrected chi connectivity index (χ0v) is 10.7. The van der Waals surface area contributed by atoms with Gasteiger partial charge in [0.1, 0.15) is 17.9 Å². The predicted octanol–water partition coefficient (Wildman–Crippen LogP) is -0.529. The van der Waals surface area contributed by atoms with Gasteiger partial charge in [-0.15, -0.1) is 0 Å². The molecule has 1 aliphatic heterocycles. The van der Waals surface area contributed by atoms with E-state index < -0.39 is 24.7 Å². The summed E-state index contributed by atoms with van der Waals surface area (Å²) in [6.07, 6.45) is 0.688. The Kier molecular flexibility index (Phi) is 3.11. The number of fused-ring (bicyclic) bond motifs is 1. The largest absolute Gasteiger partial charge is 0.394 e. The molecule has 2 aromatic rings. The molecular weight excluding hydrogens is 280 g/mol. The van der Waals surface area contributed by atoms with Crippen LogP contribution in [0.1, 0.15) is 6.42 Å². The molecule has 11 nitrogen and oxygen atoms in total. The highest BCUT2D eigenvalue weighted by atomic mass is 16.6. The van der Waals surface area contributed by atoms with E-state index >= 15 is 0 Å². The van der Waals surface area contributed by atoms with Crippen LogP contribution < -0.4 is 5.73 Å². The summed E-state index contributed by atoms with van der Waals surface area (Å²) in [4.78, 5) is 14.7. The van der Waals surface area contributed by atoms with E-state index in [4.69, 9.17) is 16.0 Å². The predicted molar refractivity (Wildman–Crippen MR) is 69.4 cm³/mol. The lowest BCUT2D eigenvalue weighted by Gasteiger charge is -2.25. The van der Waals surface area contributed by atoms with E-state index in [2.05, 4.69) is 25.0 Å². The van der Waals surface area contributed by atoms with Crippen LogP contribution in [0.2, 0.25) is 0 Å². The van der Waals surface area contributed by atoms with Gasteiger partial charge in [0, 0.05) is 11.3 Å². The number of nitrogens with two attached hydrogens (primary N) is 1. The van der Waals surface area contributed by atoms with Gasteiger partial charge in [-0.05, 0) is 10.6 Å². The summed E-state index contributed by atoms with van der Waals surface area (Å²) in [6, 6.07) is 0. The van der Waals surface area contributed by atoms with Crippen LogP contribution >= 0.6 is 0 Å². The highest BCUT2D eigenvalue weighted by Gasteiger charge is 2.47. The fourth-order valence-electron chi connectivity index (χ4n) is 2.38. The fraction of sp³-hybridized carbons (Fsp3) is 0.500. The lowest BCUT2D eigenvalue weighted by molar-refractivity contribution is -0.111. The van der Waals surface area contributed by atoms with Crippen LogP contribution in [-0.4, -0.2) is 48.5 Å². The quantitative estimate of drug-likeness (QED) is 0.388. The summed E-state index contributed by atoms with van der Waals surface area (Å²) in [6.45, 7) is -0.409. The first kappa shape index (κ1) is 13.5. The van der Waals surface area contributed by atoms with Crippen molar-refractivity contribution in [1.82, 2.24) is 19.5 Å². The Morgan fingerprint density at radius 2 is 2.38 bits per heavy atom. The SMILES string of the molecule is [N-]=[N+]=N[C@]1(n2cnc3c(N)ncnc32)C[C@H](O)[C@@H](CO)O1. The zero-order chi connectivity index (χ0) is 15.0. The average molecular weight is 292 g/mol. The Hall–Kier alpha value is -2.46. The van der Waals surface area contributed by atoms with Crippen LogP contribution in [-0.2, 0) is 10.6 Å². The Morgan fingerprint density at radius 3 is 3.05 bits per heavy atom. The maximum atomic E-state index is 9.92. The van der Waals surface area contributed by atoms with Gasteiger partial charge in [-0.3, -0.25) is 4.57 Å². The first-order valence-electron chi connectivity index (χ1n) is 6.08. The van der Waals surface area contributed by atoms with Crippen molar-refractivity contribution in [2.75, 3.05) is 12.3 Å². The lowest BCUT2D eigenvalue weighted by atomic mass is 10.1. The molecule has 21 heavy (non-hydrogen) atoms. The molecule has 0 bridgehead atoms. The summed E-state index contributed by atoms with van der Waals surface area (Å²) in [5, 5.41) is 22.8. The summed E-state index contributed by atoms with van der Waals surface area (Å²) < 4.78 is 6.92. The molecule has 110 valence electrons. The van der Waals surface area contributed by atoms with Crippen LogP contribution in [0.5, 0.6) is 0 Å². The number of imidazole rings is 1. The Morgan fingerprint density at radius 1 is 1.57 bits per heavy atom. The van der Waals surface area contributed by atoms with Gasteiger partial charge in [0.2, 0.25) is 5.85 Å². The topological polar surface area (TPSA) is 168 Å². The van der Waals surface area contributed by atoms with E-state index in [0.717, 1.165) is 0 Å². The van der Waals surface area contributed by atoms with Gasteiger partial charge >= 0.3 is 0 Å². The van der Waals surface area contributed by atoms with Gasteiger partial charge in [0.25, 0.3) is 0 Å². The molecular formula is C10H12N8O3. The van der Waals surface area contributed by atoms with Crippen molar-refractivity contribution in [3.05, 3.63) is 23.1 Å². The Balaban J connectivity index is 2.17. The highest BCUT2D eigenvalue weighted by molar-refractivity contribution is 5.81. The molecule has 0 aliphatic carbocycles. The molecule has 0 radical (unpaired) electrons. The third kappa shape index (κ3) is 1.96. The third-order valence-corrected chi connectivity index (χ3v) is 3.36. The second-order valence-electron chi connectivity index (χ2n) is 4.59. The smallest absolute Gasteiger partial charge is 0.230 e. The zero-order valence-electron chi connectivity index (χ0n) is 10.7. The Labute approximate surface area is 117 Å². The van der Waals surface area contributed by atoms with Crippen LogP contribution in [0.4, 0.5) is 5.82 Å². The molecule has 1 fully saturated rings. The number of anilines is 1. The molecule has 0 aromatic carbocycles. The first-order chi connectivity index (χ1) is 10.1. The van der Waals surface area contributed by atoms with E-state index in [1.165, 1.54) is 17.2 Å². The molecule has 4 N–H and O–H groups in total. The average Bonchev–Trinajstić information content (AvgIpc) is 3.02. The van der Waals surface area contributed by atoms with Crippen molar-refractivity contribution in [2.45, 2.75) is 24.5 Å². The summed E-state index contributed by atoms with van der Waals surface area (Å²) in [5.41, 5.74) is 15.1. The number of azide groups is 1. The van der Waals surface area contributed by atoms with Gasteiger partial charge in [-0.2, -0.15) is 0 Å². The maximum Gasteiger partial charge on any atom is 0.230 e. The molecule has 0 unspecified atom stereocenters. The molecule has 3 atom stereocenters. The minimum absolute atomic E-state index is 0.0440. The molecule has 1 aliphatic rings. The number of nitrogens with zero attached hydrogens (tertiary/aromatic N) is 7. The molecule has 0 spiro atoms. The van der Waals surface area contributed by atoms with E-state index in [1.807, 2.05) is 0 Å².